The molecule has 0 unspecified atom stereocenters. The van der Waals surface area contributed by atoms with Gasteiger partial charge in [0.05, 0.1) is 6.04 Å². The van der Waals surface area contributed by atoms with Crippen molar-refractivity contribution in [2.24, 2.45) is 11.7 Å². The van der Waals surface area contributed by atoms with Crippen molar-refractivity contribution in [3.8, 4) is 0 Å². The Labute approximate surface area is 134 Å². The molecule has 0 fully saturated rings. The molecule has 0 bridgehead atoms. The fourth-order valence-corrected chi connectivity index (χ4v) is 1.85. The lowest BCUT2D eigenvalue weighted by atomic mass is 10.0. The van der Waals surface area contributed by atoms with Crippen molar-refractivity contribution in [1.82, 2.24) is 9.88 Å². The molecule has 4 nitrogen and oxygen atoms in total. The second-order valence-corrected chi connectivity index (χ2v) is 5.10. The molecule has 0 spiro atoms. The number of rotatable bonds is 6. The summed E-state index contributed by atoms with van der Waals surface area (Å²) in [5.74, 6) is 0.468. The van der Waals surface area contributed by atoms with Crippen LogP contribution >= 0.6 is 24.8 Å². The standard InChI is InChI=1S/C14H23N3O.2ClH/c1-11(2)10-13(15)14(18)17(3)9-6-12-4-7-16-8-5-12;;/h4-5,7-8,11,13H,6,9-10,15H2,1-3H3;2*1H/t13-;;/m0../s1. The predicted molar refractivity (Wildman–Crippen MR) is 87.5 cm³/mol. The molecule has 1 aromatic rings. The summed E-state index contributed by atoms with van der Waals surface area (Å²) in [6.45, 7) is 4.84. The highest BCUT2D eigenvalue weighted by Gasteiger charge is 2.18. The minimum Gasteiger partial charge on any atom is -0.344 e. The molecule has 0 aliphatic rings. The second-order valence-electron chi connectivity index (χ2n) is 5.10. The zero-order valence-corrected chi connectivity index (χ0v) is 13.9. The summed E-state index contributed by atoms with van der Waals surface area (Å²) in [5, 5.41) is 0. The Morgan fingerprint density at radius 1 is 1.30 bits per heavy atom. The number of likely N-dealkylation sites (N-methyl/N-ethyl adjacent to an activating group) is 1. The van der Waals surface area contributed by atoms with E-state index in [0.29, 0.717) is 12.5 Å². The van der Waals surface area contributed by atoms with Crippen LogP contribution in [0.25, 0.3) is 0 Å². The van der Waals surface area contributed by atoms with Crippen LogP contribution in [0.15, 0.2) is 24.5 Å². The molecule has 1 aromatic heterocycles. The van der Waals surface area contributed by atoms with Gasteiger partial charge in [-0.15, -0.1) is 24.8 Å². The van der Waals surface area contributed by atoms with Crippen molar-refractivity contribution >= 4 is 30.7 Å². The Balaban J connectivity index is 0. The molecule has 1 rings (SSSR count). The Morgan fingerprint density at radius 3 is 2.35 bits per heavy atom. The van der Waals surface area contributed by atoms with E-state index in [1.54, 1.807) is 17.3 Å². The summed E-state index contributed by atoms with van der Waals surface area (Å²) in [6.07, 6.45) is 5.10. The van der Waals surface area contributed by atoms with Crippen molar-refractivity contribution in [1.29, 1.82) is 0 Å². The Morgan fingerprint density at radius 2 is 1.85 bits per heavy atom. The molecule has 2 N–H and O–H groups in total. The average Bonchev–Trinajstić information content (AvgIpc) is 2.35. The normalized spacial score (nSPS) is 11.2. The van der Waals surface area contributed by atoms with Gasteiger partial charge in [-0.1, -0.05) is 13.8 Å². The Kier molecular flexibility index (Phi) is 11.7. The third-order valence-electron chi connectivity index (χ3n) is 2.90. The highest BCUT2D eigenvalue weighted by molar-refractivity contribution is 5.85. The third-order valence-corrected chi connectivity index (χ3v) is 2.90. The van der Waals surface area contributed by atoms with Gasteiger partial charge in [0.1, 0.15) is 0 Å². The fourth-order valence-electron chi connectivity index (χ4n) is 1.85. The lowest BCUT2D eigenvalue weighted by Crippen LogP contribution is -2.43. The molecule has 116 valence electrons. The average molecular weight is 322 g/mol. The van der Waals surface area contributed by atoms with Gasteiger partial charge < -0.3 is 10.6 Å². The zero-order valence-electron chi connectivity index (χ0n) is 12.3. The van der Waals surface area contributed by atoms with Crippen LogP contribution < -0.4 is 5.73 Å². The molecule has 0 aliphatic heterocycles. The van der Waals surface area contributed by atoms with Crippen LogP contribution in [-0.2, 0) is 11.2 Å². The maximum atomic E-state index is 12.0. The molecule has 1 amide bonds. The zero-order chi connectivity index (χ0) is 13.5. The fraction of sp³-hybridized carbons (Fsp3) is 0.571. The van der Waals surface area contributed by atoms with E-state index in [1.165, 1.54) is 5.56 Å². The summed E-state index contributed by atoms with van der Waals surface area (Å²) < 4.78 is 0. The highest BCUT2D eigenvalue weighted by Crippen LogP contribution is 2.06. The van der Waals surface area contributed by atoms with Gasteiger partial charge in [0.15, 0.2) is 0 Å². The van der Waals surface area contributed by atoms with Crippen molar-refractivity contribution < 1.29 is 4.79 Å². The number of hydrogen-bond acceptors (Lipinski definition) is 3. The Bertz CT molecular complexity index is 374. The quantitative estimate of drug-likeness (QED) is 0.874. The van der Waals surface area contributed by atoms with Gasteiger partial charge in [0.25, 0.3) is 0 Å². The number of hydrogen-bond donors (Lipinski definition) is 1. The number of carbonyl (C=O) groups excluding carboxylic acids is 1. The van der Waals surface area contributed by atoms with Crippen molar-refractivity contribution in [3.05, 3.63) is 30.1 Å². The molecule has 0 aromatic carbocycles. The maximum Gasteiger partial charge on any atom is 0.239 e. The monoisotopic (exact) mass is 321 g/mol. The van der Waals surface area contributed by atoms with Crippen LogP contribution in [0.4, 0.5) is 0 Å². The van der Waals surface area contributed by atoms with Crippen LogP contribution in [0, 0.1) is 5.92 Å². The van der Waals surface area contributed by atoms with E-state index in [-0.39, 0.29) is 36.8 Å². The van der Waals surface area contributed by atoms with E-state index in [9.17, 15) is 4.79 Å². The van der Waals surface area contributed by atoms with Crippen LogP contribution in [0.3, 0.4) is 0 Å². The number of nitrogens with two attached hydrogens (primary N) is 1. The van der Waals surface area contributed by atoms with Crippen molar-refractivity contribution in [2.45, 2.75) is 32.7 Å². The van der Waals surface area contributed by atoms with Crippen LogP contribution in [0.2, 0.25) is 0 Å². The number of nitrogens with zero attached hydrogens (tertiary/aromatic N) is 2. The molecule has 0 aliphatic carbocycles. The molecule has 1 atom stereocenters. The molecule has 0 saturated carbocycles. The van der Waals surface area contributed by atoms with E-state index >= 15 is 0 Å². The van der Waals surface area contributed by atoms with Gasteiger partial charge in [-0.25, -0.2) is 0 Å². The molecular formula is C14H25Cl2N3O. The molecule has 0 radical (unpaired) electrons. The van der Waals surface area contributed by atoms with Crippen LogP contribution in [0.1, 0.15) is 25.8 Å². The number of aromatic nitrogens is 1. The molecular weight excluding hydrogens is 297 g/mol. The third kappa shape index (κ3) is 7.68. The van der Waals surface area contributed by atoms with Gasteiger partial charge in [0, 0.05) is 26.0 Å². The maximum absolute atomic E-state index is 12.0. The van der Waals surface area contributed by atoms with Gasteiger partial charge in [0.2, 0.25) is 5.91 Å². The predicted octanol–water partition coefficient (Wildman–Crippen LogP) is 2.30. The smallest absolute Gasteiger partial charge is 0.239 e. The first-order chi connectivity index (χ1) is 8.50. The summed E-state index contributed by atoms with van der Waals surface area (Å²) in [4.78, 5) is 17.7. The van der Waals surface area contributed by atoms with Crippen LogP contribution in [-0.4, -0.2) is 35.4 Å². The molecule has 1 heterocycles. The summed E-state index contributed by atoms with van der Waals surface area (Å²) in [5.41, 5.74) is 7.07. The summed E-state index contributed by atoms with van der Waals surface area (Å²) >= 11 is 0. The molecule has 6 heteroatoms. The van der Waals surface area contributed by atoms with Gasteiger partial charge in [-0.3, -0.25) is 9.78 Å². The molecule has 20 heavy (non-hydrogen) atoms. The van der Waals surface area contributed by atoms with E-state index in [0.717, 1.165) is 12.8 Å². The van der Waals surface area contributed by atoms with Gasteiger partial charge >= 0.3 is 0 Å². The second kappa shape index (κ2) is 10.9. The minimum absolute atomic E-state index is 0. The highest BCUT2D eigenvalue weighted by atomic mass is 35.5. The van der Waals surface area contributed by atoms with E-state index in [1.807, 2.05) is 19.2 Å². The number of amides is 1. The summed E-state index contributed by atoms with van der Waals surface area (Å²) in [7, 11) is 1.81. The largest absolute Gasteiger partial charge is 0.344 e. The van der Waals surface area contributed by atoms with Gasteiger partial charge in [-0.2, -0.15) is 0 Å². The lowest BCUT2D eigenvalue weighted by Gasteiger charge is -2.22. The summed E-state index contributed by atoms with van der Waals surface area (Å²) in [6, 6.07) is 3.55. The van der Waals surface area contributed by atoms with Crippen molar-refractivity contribution in [2.75, 3.05) is 13.6 Å². The van der Waals surface area contributed by atoms with E-state index in [2.05, 4.69) is 18.8 Å². The first-order valence-electron chi connectivity index (χ1n) is 6.40. The first-order valence-corrected chi connectivity index (χ1v) is 6.40. The SMILES string of the molecule is CC(C)C[C@H](N)C(=O)N(C)CCc1ccncc1.Cl.Cl. The van der Waals surface area contributed by atoms with Gasteiger partial charge in [-0.05, 0) is 36.5 Å². The number of halogens is 2. The minimum atomic E-state index is -0.382. The first kappa shape index (κ1) is 21.5. The van der Waals surface area contributed by atoms with E-state index < -0.39 is 0 Å². The van der Waals surface area contributed by atoms with E-state index in [4.69, 9.17) is 5.73 Å². The topological polar surface area (TPSA) is 59.2 Å². The lowest BCUT2D eigenvalue weighted by molar-refractivity contribution is -0.131. The van der Waals surface area contributed by atoms with Crippen LogP contribution in [0.5, 0.6) is 0 Å². The molecule has 0 saturated heterocycles. The number of carbonyl (C=O) groups is 1. The Hall–Kier alpha value is -0.840. The van der Waals surface area contributed by atoms with Crippen molar-refractivity contribution in [3.63, 3.8) is 0 Å². The number of pyridine rings is 1.